The van der Waals surface area contributed by atoms with E-state index in [4.69, 9.17) is 9.26 Å². The summed E-state index contributed by atoms with van der Waals surface area (Å²) in [5.74, 6) is 0.431. The highest BCUT2D eigenvalue weighted by molar-refractivity contribution is 7.98. The number of hydrogen-bond acceptors (Lipinski definition) is 5. The van der Waals surface area contributed by atoms with Gasteiger partial charge in [-0.05, 0) is 25.0 Å². The molecule has 1 fully saturated rings. The number of benzene rings is 1. The molecule has 112 valence electrons. The largest absolute Gasteiger partial charge is 0.442 e. The molecule has 0 spiro atoms. The Bertz CT molecular complexity index is 578. The fourth-order valence-electron chi connectivity index (χ4n) is 2.20. The van der Waals surface area contributed by atoms with Gasteiger partial charge in [0.05, 0.1) is 5.25 Å². The molecule has 0 radical (unpaired) electrons. The molecule has 1 heterocycles. The number of rotatable bonds is 5. The van der Waals surface area contributed by atoms with E-state index >= 15 is 0 Å². The lowest BCUT2D eigenvalue weighted by Crippen LogP contribution is -2.31. The Morgan fingerprint density at radius 2 is 1.85 bits per heavy atom. The van der Waals surface area contributed by atoms with Crippen molar-refractivity contribution in [2.24, 2.45) is 0 Å². The van der Waals surface area contributed by atoms with Gasteiger partial charge in [-0.3, -0.25) is 4.57 Å². The van der Waals surface area contributed by atoms with E-state index in [1.165, 1.54) is 6.66 Å². The van der Waals surface area contributed by atoms with E-state index in [1.807, 2.05) is 6.07 Å². The summed E-state index contributed by atoms with van der Waals surface area (Å²) in [6.07, 6.45) is 0.932. The third kappa shape index (κ3) is 4.33. The molecule has 1 aliphatic heterocycles. The average Bonchev–Trinajstić information content (AvgIpc) is 2.39. The van der Waals surface area contributed by atoms with Crippen LogP contribution in [0.15, 0.2) is 30.3 Å². The second kappa shape index (κ2) is 6.29. The Morgan fingerprint density at radius 1 is 1.25 bits per heavy atom. The van der Waals surface area contributed by atoms with Crippen molar-refractivity contribution in [1.29, 1.82) is 0 Å². The fourth-order valence-corrected chi connectivity index (χ4v) is 7.35. The van der Waals surface area contributed by atoms with Crippen LogP contribution < -0.4 is 4.52 Å². The minimum atomic E-state index is -3.43. The Hall–Kier alpha value is -0.840. The summed E-state index contributed by atoms with van der Waals surface area (Å²) >= 11 is 0. The maximum Gasteiger partial charge on any atom is 0.259 e. The molecule has 0 aromatic heterocycles. The van der Waals surface area contributed by atoms with Crippen molar-refractivity contribution < 1.29 is 22.2 Å². The van der Waals surface area contributed by atoms with Crippen LogP contribution in [0, 0.1) is 0 Å². The first kappa shape index (κ1) is 15.5. The second-order valence-electron chi connectivity index (χ2n) is 5.02. The predicted octanol–water partition coefficient (Wildman–Crippen LogP) is 2.52. The molecule has 1 aromatic carbocycles. The minimum Gasteiger partial charge on any atom is -0.442 e. The number of sulfone groups is 1. The molecule has 7 heteroatoms. The molecule has 0 amide bonds. The van der Waals surface area contributed by atoms with Crippen LogP contribution in [0.1, 0.15) is 12.8 Å². The summed E-state index contributed by atoms with van der Waals surface area (Å²) in [5, 5.41) is -0.469. The fraction of sp³-hybridized carbons (Fsp3) is 0.538. The Balaban J connectivity index is 2.05. The van der Waals surface area contributed by atoms with Gasteiger partial charge in [-0.2, -0.15) is 0 Å². The first-order valence-corrected chi connectivity index (χ1v) is 10.5. The topological polar surface area (TPSA) is 69.7 Å². The van der Waals surface area contributed by atoms with Gasteiger partial charge in [0.1, 0.15) is 11.2 Å². The summed E-state index contributed by atoms with van der Waals surface area (Å²) in [4.78, 5) is 0. The van der Waals surface area contributed by atoms with Gasteiger partial charge in [-0.25, -0.2) is 8.42 Å². The van der Waals surface area contributed by atoms with Crippen LogP contribution >= 0.6 is 7.37 Å². The van der Waals surface area contributed by atoms with Crippen molar-refractivity contribution in [3.63, 3.8) is 0 Å². The van der Waals surface area contributed by atoms with E-state index in [0.717, 1.165) is 0 Å². The quantitative estimate of drug-likeness (QED) is 0.780. The number of para-hydroxylation sites is 1. The monoisotopic (exact) mass is 318 g/mol. The highest BCUT2D eigenvalue weighted by Crippen LogP contribution is 2.45. The molecule has 2 rings (SSSR count). The summed E-state index contributed by atoms with van der Waals surface area (Å²) in [5.41, 5.74) is -0.417. The molecule has 1 unspecified atom stereocenters. The Kier molecular flexibility index (Phi) is 4.89. The minimum absolute atomic E-state index is 0.417. The van der Waals surface area contributed by atoms with Crippen molar-refractivity contribution in [3.05, 3.63) is 30.3 Å². The van der Waals surface area contributed by atoms with Crippen LogP contribution in [0.4, 0.5) is 0 Å². The third-order valence-electron chi connectivity index (χ3n) is 3.13. The van der Waals surface area contributed by atoms with Crippen LogP contribution in [0.2, 0.25) is 0 Å². The standard InChI is InChI=1S/C13H19O5PS/c1-19(14,18-12-5-3-2-4-6-12)11-20(15,16)13-7-9-17-10-8-13/h2-6,13H,7-11H2,1H3. The van der Waals surface area contributed by atoms with Crippen molar-refractivity contribution in [1.82, 2.24) is 0 Å². The van der Waals surface area contributed by atoms with Crippen molar-refractivity contribution >= 4 is 17.2 Å². The molecule has 1 saturated heterocycles. The normalized spacial score (nSPS) is 20.2. The molecule has 5 nitrogen and oxygen atoms in total. The van der Waals surface area contributed by atoms with Crippen LogP contribution in [0.5, 0.6) is 5.75 Å². The second-order valence-corrected chi connectivity index (χ2v) is 10.3. The smallest absolute Gasteiger partial charge is 0.259 e. The third-order valence-corrected chi connectivity index (χ3v) is 8.53. The lowest BCUT2D eigenvalue weighted by atomic mass is 10.2. The Labute approximate surface area is 119 Å². The van der Waals surface area contributed by atoms with Crippen LogP contribution in [0.3, 0.4) is 0 Å². The molecule has 1 aromatic rings. The zero-order valence-corrected chi connectivity index (χ0v) is 13.1. The van der Waals surface area contributed by atoms with Gasteiger partial charge in [0, 0.05) is 19.9 Å². The van der Waals surface area contributed by atoms with E-state index < -0.39 is 27.9 Å². The summed E-state index contributed by atoms with van der Waals surface area (Å²) in [7, 11) is -6.66. The molecular weight excluding hydrogens is 299 g/mol. The van der Waals surface area contributed by atoms with E-state index in [9.17, 15) is 13.0 Å². The maximum absolute atomic E-state index is 12.4. The number of ether oxygens (including phenoxy) is 1. The molecule has 1 aliphatic rings. The Morgan fingerprint density at radius 3 is 2.45 bits per heavy atom. The van der Waals surface area contributed by atoms with Crippen molar-refractivity contribution in [3.8, 4) is 5.75 Å². The van der Waals surface area contributed by atoms with Crippen LogP contribution in [-0.2, 0) is 19.1 Å². The van der Waals surface area contributed by atoms with Crippen molar-refractivity contribution in [2.45, 2.75) is 18.1 Å². The maximum atomic E-state index is 12.4. The van der Waals surface area contributed by atoms with Gasteiger partial charge in [-0.1, -0.05) is 18.2 Å². The van der Waals surface area contributed by atoms with E-state index in [1.54, 1.807) is 24.3 Å². The van der Waals surface area contributed by atoms with Gasteiger partial charge in [0.25, 0.3) is 7.37 Å². The summed E-state index contributed by atoms with van der Waals surface area (Å²) in [6, 6.07) is 8.64. The van der Waals surface area contributed by atoms with E-state index in [-0.39, 0.29) is 0 Å². The van der Waals surface area contributed by atoms with Crippen molar-refractivity contribution in [2.75, 3.05) is 25.4 Å². The molecule has 0 aliphatic carbocycles. The molecule has 20 heavy (non-hydrogen) atoms. The van der Waals surface area contributed by atoms with E-state index in [2.05, 4.69) is 0 Å². The average molecular weight is 318 g/mol. The van der Waals surface area contributed by atoms with Gasteiger partial charge >= 0.3 is 0 Å². The summed E-state index contributed by atoms with van der Waals surface area (Å²) < 4.78 is 47.5. The lowest BCUT2D eigenvalue weighted by molar-refractivity contribution is 0.0984. The zero-order chi connectivity index (χ0) is 14.6. The lowest BCUT2D eigenvalue weighted by Gasteiger charge is -2.24. The number of hydrogen-bond donors (Lipinski definition) is 0. The molecule has 1 atom stereocenters. The zero-order valence-electron chi connectivity index (χ0n) is 11.4. The summed E-state index contributed by atoms with van der Waals surface area (Å²) in [6.45, 7) is 2.26. The molecule has 0 N–H and O–H groups in total. The van der Waals surface area contributed by atoms with Crippen LogP contribution in [-0.4, -0.2) is 39.0 Å². The van der Waals surface area contributed by atoms with E-state index in [0.29, 0.717) is 31.8 Å². The van der Waals surface area contributed by atoms with Gasteiger partial charge in [-0.15, -0.1) is 0 Å². The first-order chi connectivity index (χ1) is 9.39. The van der Waals surface area contributed by atoms with Gasteiger partial charge < -0.3 is 9.26 Å². The highest BCUT2D eigenvalue weighted by Gasteiger charge is 2.34. The molecule has 0 bridgehead atoms. The van der Waals surface area contributed by atoms with Gasteiger partial charge in [0.15, 0.2) is 9.84 Å². The van der Waals surface area contributed by atoms with Gasteiger partial charge in [0.2, 0.25) is 0 Å². The van der Waals surface area contributed by atoms with Crippen LogP contribution in [0.25, 0.3) is 0 Å². The first-order valence-electron chi connectivity index (χ1n) is 6.49. The predicted molar refractivity (Wildman–Crippen MR) is 78.2 cm³/mol. The molecule has 0 saturated carbocycles. The molecular formula is C13H19O5PS. The SMILES string of the molecule is CP(=O)(CS(=O)(=O)C1CCOCC1)Oc1ccccc1. The highest BCUT2D eigenvalue weighted by atomic mass is 32.2.